The molecule has 0 aliphatic rings. The maximum Gasteiger partial charge on any atom is 0.246 e. The Kier molecular flexibility index (Phi) is 6.33. The molecule has 8 heteroatoms. The summed E-state index contributed by atoms with van der Waals surface area (Å²) in [7, 11) is 5.66. The van der Waals surface area contributed by atoms with Crippen molar-refractivity contribution in [1.82, 2.24) is 25.0 Å². The van der Waals surface area contributed by atoms with Crippen LogP contribution in [-0.2, 0) is 24.9 Å². The third-order valence-corrected chi connectivity index (χ3v) is 4.81. The third kappa shape index (κ3) is 5.22. The van der Waals surface area contributed by atoms with Crippen molar-refractivity contribution in [2.24, 2.45) is 7.05 Å². The van der Waals surface area contributed by atoms with Crippen molar-refractivity contribution in [2.45, 2.75) is 19.1 Å². The maximum absolute atomic E-state index is 12.7. The molecule has 0 radical (unpaired) electrons. The average molecular weight is 385 g/mol. The van der Waals surface area contributed by atoms with Crippen molar-refractivity contribution in [3.63, 3.8) is 0 Å². The minimum Gasteiger partial charge on any atom is -0.324 e. The van der Waals surface area contributed by atoms with E-state index in [-0.39, 0.29) is 5.91 Å². The van der Waals surface area contributed by atoms with E-state index in [4.69, 9.17) is 0 Å². The average Bonchev–Trinajstić information content (AvgIpc) is 3.28. The number of carbonyl (C=O) groups excluding carboxylic acids is 1. The van der Waals surface area contributed by atoms with E-state index in [1.165, 1.54) is 0 Å². The molecule has 0 saturated carbocycles. The van der Waals surface area contributed by atoms with Crippen molar-refractivity contribution in [3.8, 4) is 0 Å². The molecule has 1 atom stereocenters. The summed E-state index contributed by atoms with van der Waals surface area (Å²) in [6, 6.07) is 7.47. The van der Waals surface area contributed by atoms with Crippen LogP contribution in [0.5, 0.6) is 0 Å². The Hall–Kier alpha value is -2.55. The minimum absolute atomic E-state index is 0.113. The second kappa shape index (κ2) is 8.90. The molecule has 0 fully saturated rings. The van der Waals surface area contributed by atoms with E-state index in [2.05, 4.69) is 44.1 Å². The monoisotopic (exact) mass is 384 g/mol. The van der Waals surface area contributed by atoms with Crippen LogP contribution in [0.25, 0.3) is 0 Å². The van der Waals surface area contributed by atoms with Crippen molar-refractivity contribution in [1.29, 1.82) is 0 Å². The van der Waals surface area contributed by atoms with Gasteiger partial charge >= 0.3 is 0 Å². The molecule has 7 nitrogen and oxygen atoms in total. The van der Waals surface area contributed by atoms with Crippen LogP contribution in [0.2, 0.25) is 0 Å². The second-order valence-corrected chi connectivity index (χ2v) is 7.23. The van der Waals surface area contributed by atoms with E-state index in [1.807, 2.05) is 37.0 Å². The normalized spacial score (nSPS) is 12.3. The molecular weight excluding hydrogens is 360 g/mol. The first-order chi connectivity index (χ1) is 13.0. The number of hydrogen-bond donors (Lipinski definition) is 2. The Morgan fingerprint density at radius 3 is 2.89 bits per heavy atom. The summed E-state index contributed by atoms with van der Waals surface area (Å²) in [5.74, 6) is -0.113. The first-order valence-electron chi connectivity index (χ1n) is 8.66. The van der Waals surface area contributed by atoms with Gasteiger partial charge in [-0.15, -0.1) is 11.3 Å². The number of anilines is 1. The molecule has 1 unspecified atom stereocenters. The number of nitrogens with zero attached hydrogens (tertiary/aromatic N) is 4. The van der Waals surface area contributed by atoms with Gasteiger partial charge in [0.2, 0.25) is 5.91 Å². The molecule has 27 heavy (non-hydrogen) atoms. The van der Waals surface area contributed by atoms with Crippen LogP contribution < -0.4 is 10.6 Å². The Balaban J connectivity index is 1.63. The lowest BCUT2D eigenvalue weighted by molar-refractivity contribution is -0.118. The predicted octanol–water partition coefficient (Wildman–Crippen LogP) is 2.41. The zero-order valence-corrected chi connectivity index (χ0v) is 16.5. The Morgan fingerprint density at radius 1 is 1.37 bits per heavy atom. The fourth-order valence-electron chi connectivity index (χ4n) is 2.96. The summed E-state index contributed by atoms with van der Waals surface area (Å²) in [6.07, 6.45) is 3.54. The Morgan fingerprint density at radius 2 is 2.22 bits per heavy atom. The number of hydrogen-bond acceptors (Lipinski definition) is 6. The molecule has 2 aromatic heterocycles. The van der Waals surface area contributed by atoms with Gasteiger partial charge in [0.25, 0.3) is 0 Å². The minimum atomic E-state index is -0.449. The molecule has 0 aliphatic carbocycles. The zero-order chi connectivity index (χ0) is 19.2. The molecule has 0 spiro atoms. The summed E-state index contributed by atoms with van der Waals surface area (Å²) in [5.41, 5.74) is 5.66. The highest BCUT2D eigenvalue weighted by molar-refractivity contribution is 7.07. The molecular formula is C19H24N6OS. The second-order valence-electron chi connectivity index (χ2n) is 6.51. The molecule has 1 aromatic carbocycles. The number of carbonyl (C=O) groups is 1. The van der Waals surface area contributed by atoms with Gasteiger partial charge in [0.15, 0.2) is 0 Å². The van der Waals surface area contributed by atoms with Gasteiger partial charge in [0, 0.05) is 43.0 Å². The number of aromatic nitrogens is 3. The zero-order valence-electron chi connectivity index (χ0n) is 15.7. The molecule has 0 bridgehead atoms. The number of likely N-dealkylation sites (N-methyl/N-ethyl adjacent to an activating group) is 1. The molecule has 1 amide bonds. The van der Waals surface area contributed by atoms with Crippen LogP contribution in [0, 0.1) is 0 Å². The lowest BCUT2D eigenvalue weighted by atomic mass is 10.1. The summed E-state index contributed by atoms with van der Waals surface area (Å²) >= 11 is 1.60. The van der Waals surface area contributed by atoms with E-state index < -0.39 is 6.04 Å². The van der Waals surface area contributed by atoms with Gasteiger partial charge in [0.05, 0.1) is 17.4 Å². The number of rotatable bonds is 8. The van der Waals surface area contributed by atoms with Crippen LogP contribution in [-0.4, -0.2) is 39.7 Å². The SMILES string of the molecule is CNC(C(=O)Nc1cccc(CN(C)Cc2cscn2)c1)c1cnn(C)c1. The van der Waals surface area contributed by atoms with Crippen molar-refractivity contribution in [2.75, 3.05) is 19.4 Å². The standard InChI is InChI=1S/C19H24N6OS/c1-20-18(15-8-22-25(3)10-15)19(26)23-16-6-4-5-14(7-16)9-24(2)11-17-12-27-13-21-17/h4-8,10,12-13,18,20H,9,11H2,1-3H3,(H,23,26). The highest BCUT2D eigenvalue weighted by atomic mass is 32.1. The number of benzene rings is 1. The number of thiazole rings is 1. The van der Waals surface area contributed by atoms with E-state index >= 15 is 0 Å². The van der Waals surface area contributed by atoms with Gasteiger partial charge in [-0.2, -0.15) is 5.10 Å². The summed E-state index contributed by atoms with van der Waals surface area (Å²) < 4.78 is 1.69. The van der Waals surface area contributed by atoms with Crippen LogP contribution in [0.15, 0.2) is 47.5 Å². The first kappa shape index (κ1) is 19.2. The summed E-state index contributed by atoms with van der Waals surface area (Å²) in [6.45, 7) is 1.57. The largest absolute Gasteiger partial charge is 0.324 e. The quantitative estimate of drug-likeness (QED) is 0.624. The van der Waals surface area contributed by atoms with Gasteiger partial charge < -0.3 is 10.6 Å². The lowest BCUT2D eigenvalue weighted by Gasteiger charge is -2.17. The van der Waals surface area contributed by atoms with Crippen molar-refractivity contribution < 1.29 is 4.79 Å². The van der Waals surface area contributed by atoms with Gasteiger partial charge in [-0.25, -0.2) is 4.98 Å². The van der Waals surface area contributed by atoms with E-state index in [1.54, 1.807) is 29.3 Å². The van der Waals surface area contributed by atoms with E-state index in [0.717, 1.165) is 35.6 Å². The van der Waals surface area contributed by atoms with Crippen LogP contribution in [0.3, 0.4) is 0 Å². The lowest BCUT2D eigenvalue weighted by Crippen LogP contribution is -2.30. The van der Waals surface area contributed by atoms with Crippen LogP contribution >= 0.6 is 11.3 Å². The van der Waals surface area contributed by atoms with Crippen LogP contribution in [0.4, 0.5) is 5.69 Å². The number of aryl methyl sites for hydroxylation is 1. The third-order valence-electron chi connectivity index (χ3n) is 4.17. The molecule has 0 aliphatic heterocycles. The topological polar surface area (TPSA) is 75.1 Å². The first-order valence-corrected chi connectivity index (χ1v) is 9.60. The predicted molar refractivity (Wildman–Crippen MR) is 107 cm³/mol. The number of nitrogens with one attached hydrogen (secondary N) is 2. The van der Waals surface area contributed by atoms with Crippen molar-refractivity contribution >= 4 is 22.9 Å². The fourth-order valence-corrected chi connectivity index (χ4v) is 3.51. The smallest absolute Gasteiger partial charge is 0.246 e. The highest BCUT2D eigenvalue weighted by Crippen LogP contribution is 2.17. The molecule has 142 valence electrons. The Labute approximate surface area is 163 Å². The Bertz CT molecular complexity index is 876. The van der Waals surface area contributed by atoms with E-state index in [9.17, 15) is 4.79 Å². The maximum atomic E-state index is 12.7. The molecule has 2 N–H and O–H groups in total. The van der Waals surface area contributed by atoms with Crippen LogP contribution in [0.1, 0.15) is 22.9 Å². The molecule has 3 rings (SSSR count). The summed E-state index contributed by atoms with van der Waals surface area (Å²) in [5, 5.41) is 12.2. The fraction of sp³-hybridized carbons (Fsp3) is 0.316. The van der Waals surface area contributed by atoms with Gasteiger partial charge in [0.1, 0.15) is 6.04 Å². The van der Waals surface area contributed by atoms with Gasteiger partial charge in [-0.3, -0.25) is 14.4 Å². The van der Waals surface area contributed by atoms with Gasteiger partial charge in [-0.05, 0) is 31.8 Å². The highest BCUT2D eigenvalue weighted by Gasteiger charge is 2.20. The van der Waals surface area contributed by atoms with Gasteiger partial charge in [-0.1, -0.05) is 12.1 Å². The molecule has 0 saturated heterocycles. The van der Waals surface area contributed by atoms with E-state index in [0.29, 0.717) is 0 Å². The molecule has 2 heterocycles. The summed E-state index contributed by atoms with van der Waals surface area (Å²) in [4.78, 5) is 19.2. The molecule has 3 aromatic rings. The van der Waals surface area contributed by atoms with Crippen molar-refractivity contribution in [3.05, 3.63) is 64.4 Å². The number of amides is 1.